The highest BCUT2D eigenvalue weighted by atomic mass is 35.5. The number of nitrogens with zero attached hydrogens (tertiary/aromatic N) is 1. The van der Waals surface area contributed by atoms with Crippen LogP contribution in [0.3, 0.4) is 0 Å². The predicted molar refractivity (Wildman–Crippen MR) is 86.6 cm³/mol. The van der Waals surface area contributed by atoms with Gasteiger partial charge in [0, 0.05) is 11.6 Å². The Bertz CT molecular complexity index is 566. The van der Waals surface area contributed by atoms with Crippen LogP contribution in [0, 0.1) is 0 Å². The van der Waals surface area contributed by atoms with E-state index in [0.29, 0.717) is 22.3 Å². The molecule has 1 aromatic rings. The summed E-state index contributed by atoms with van der Waals surface area (Å²) in [5.74, 6) is -1.01. The van der Waals surface area contributed by atoms with Crippen molar-refractivity contribution in [3.63, 3.8) is 0 Å². The maximum atomic E-state index is 12.5. The van der Waals surface area contributed by atoms with Crippen LogP contribution in [-0.2, 0) is 9.59 Å². The summed E-state index contributed by atoms with van der Waals surface area (Å²) in [6, 6.07) is 4.57. The van der Waals surface area contributed by atoms with Gasteiger partial charge in [-0.25, -0.2) is 0 Å². The Morgan fingerprint density at radius 2 is 2.09 bits per heavy atom. The maximum Gasteiger partial charge on any atom is 0.304 e. The molecule has 1 aliphatic rings. The standard InChI is InChI=1S/C15H18Cl2N2O3/c16-10-4-5-12(11(17)9-10)18-15(22)13-3-1-2-7-19(13)8-6-14(20)21/h4-5,9,13H,1-3,6-8H2,(H,18,22)(H,20,21). The van der Waals surface area contributed by atoms with Gasteiger partial charge in [-0.05, 0) is 37.6 Å². The van der Waals surface area contributed by atoms with Crippen LogP contribution >= 0.6 is 23.2 Å². The summed E-state index contributed by atoms with van der Waals surface area (Å²) in [7, 11) is 0. The zero-order chi connectivity index (χ0) is 16.1. The number of piperidine rings is 1. The average molecular weight is 345 g/mol. The third-order valence-electron chi connectivity index (χ3n) is 3.72. The Morgan fingerprint density at radius 1 is 1.32 bits per heavy atom. The summed E-state index contributed by atoms with van der Waals surface area (Å²) in [5.41, 5.74) is 0.514. The molecule has 1 saturated heterocycles. The zero-order valence-electron chi connectivity index (χ0n) is 12.0. The SMILES string of the molecule is O=C(O)CCN1CCCCC1C(=O)Nc1ccc(Cl)cc1Cl. The highest BCUT2D eigenvalue weighted by Gasteiger charge is 2.29. The molecule has 2 N–H and O–H groups in total. The number of likely N-dealkylation sites (tertiary alicyclic amines) is 1. The van der Waals surface area contributed by atoms with E-state index in [-0.39, 0.29) is 18.4 Å². The van der Waals surface area contributed by atoms with Crippen molar-refractivity contribution in [3.8, 4) is 0 Å². The molecule has 0 bridgehead atoms. The minimum atomic E-state index is -0.856. The minimum absolute atomic E-state index is 0.0332. The number of carbonyl (C=O) groups excluding carboxylic acids is 1. The lowest BCUT2D eigenvalue weighted by molar-refractivity contribution is -0.138. The first kappa shape index (κ1) is 17.1. The molecule has 120 valence electrons. The van der Waals surface area contributed by atoms with Crippen molar-refractivity contribution in [2.75, 3.05) is 18.4 Å². The number of halogens is 2. The lowest BCUT2D eigenvalue weighted by atomic mass is 10.0. The molecule has 1 fully saturated rings. The van der Waals surface area contributed by atoms with Gasteiger partial charge < -0.3 is 10.4 Å². The number of anilines is 1. The number of hydrogen-bond donors (Lipinski definition) is 2. The Labute approximate surface area is 139 Å². The molecule has 22 heavy (non-hydrogen) atoms. The lowest BCUT2D eigenvalue weighted by Gasteiger charge is -2.34. The first-order chi connectivity index (χ1) is 10.5. The summed E-state index contributed by atoms with van der Waals surface area (Å²) in [6.07, 6.45) is 2.68. The normalized spacial score (nSPS) is 18.9. The Hall–Kier alpha value is -1.30. The second kappa shape index (κ2) is 7.81. The topological polar surface area (TPSA) is 69.6 Å². The van der Waals surface area contributed by atoms with E-state index < -0.39 is 5.97 Å². The third-order valence-corrected chi connectivity index (χ3v) is 4.27. The average Bonchev–Trinajstić information content (AvgIpc) is 2.48. The van der Waals surface area contributed by atoms with Gasteiger partial charge in [-0.1, -0.05) is 29.6 Å². The van der Waals surface area contributed by atoms with Gasteiger partial charge in [-0.3, -0.25) is 14.5 Å². The number of amides is 1. The van der Waals surface area contributed by atoms with Gasteiger partial charge in [0.1, 0.15) is 0 Å². The van der Waals surface area contributed by atoms with Gasteiger partial charge in [-0.15, -0.1) is 0 Å². The molecule has 1 aromatic carbocycles. The molecular formula is C15H18Cl2N2O3. The largest absolute Gasteiger partial charge is 0.481 e. The van der Waals surface area contributed by atoms with E-state index in [4.69, 9.17) is 28.3 Å². The molecule has 0 aliphatic carbocycles. The fourth-order valence-corrected chi connectivity index (χ4v) is 3.06. The van der Waals surface area contributed by atoms with E-state index in [1.54, 1.807) is 18.2 Å². The van der Waals surface area contributed by atoms with Gasteiger partial charge in [0.2, 0.25) is 5.91 Å². The molecule has 1 aliphatic heterocycles. The summed E-state index contributed by atoms with van der Waals surface area (Å²) in [4.78, 5) is 25.1. The fourth-order valence-electron chi connectivity index (χ4n) is 2.60. The van der Waals surface area contributed by atoms with Crippen molar-refractivity contribution < 1.29 is 14.7 Å². The van der Waals surface area contributed by atoms with Crippen molar-refractivity contribution in [1.29, 1.82) is 0 Å². The first-order valence-electron chi connectivity index (χ1n) is 7.19. The molecule has 0 spiro atoms. The van der Waals surface area contributed by atoms with Gasteiger partial charge in [0.05, 0.1) is 23.2 Å². The number of nitrogens with one attached hydrogen (secondary N) is 1. The number of carboxylic acids is 1. The molecule has 1 amide bonds. The molecule has 0 saturated carbocycles. The van der Waals surface area contributed by atoms with E-state index in [1.165, 1.54) is 0 Å². The van der Waals surface area contributed by atoms with Crippen LogP contribution in [-0.4, -0.2) is 41.0 Å². The Morgan fingerprint density at radius 3 is 2.77 bits per heavy atom. The monoisotopic (exact) mass is 344 g/mol. The van der Waals surface area contributed by atoms with E-state index in [2.05, 4.69) is 5.32 Å². The Balaban J connectivity index is 2.03. The third kappa shape index (κ3) is 4.60. The molecule has 5 nitrogen and oxygen atoms in total. The molecule has 1 atom stereocenters. The molecular weight excluding hydrogens is 327 g/mol. The number of rotatable bonds is 5. The number of carboxylic acid groups (broad SMARTS) is 1. The summed E-state index contributed by atoms with van der Waals surface area (Å²) in [5, 5.41) is 12.5. The number of carbonyl (C=O) groups is 2. The van der Waals surface area contributed by atoms with Crippen LogP contribution in [0.4, 0.5) is 5.69 Å². The van der Waals surface area contributed by atoms with E-state index >= 15 is 0 Å². The molecule has 7 heteroatoms. The highest BCUT2D eigenvalue weighted by Crippen LogP contribution is 2.26. The quantitative estimate of drug-likeness (QED) is 0.859. The summed E-state index contributed by atoms with van der Waals surface area (Å²) >= 11 is 11.9. The van der Waals surface area contributed by atoms with Crippen LogP contribution in [0.25, 0.3) is 0 Å². The zero-order valence-corrected chi connectivity index (χ0v) is 13.5. The van der Waals surface area contributed by atoms with Crippen molar-refractivity contribution in [2.45, 2.75) is 31.7 Å². The summed E-state index contributed by atoms with van der Waals surface area (Å²) in [6.45, 7) is 1.11. The fraction of sp³-hybridized carbons (Fsp3) is 0.467. The molecule has 1 unspecified atom stereocenters. The van der Waals surface area contributed by atoms with Crippen molar-refractivity contribution in [3.05, 3.63) is 28.2 Å². The van der Waals surface area contributed by atoms with Crippen molar-refractivity contribution >= 4 is 40.8 Å². The van der Waals surface area contributed by atoms with E-state index in [1.807, 2.05) is 4.90 Å². The van der Waals surface area contributed by atoms with Crippen molar-refractivity contribution in [1.82, 2.24) is 4.90 Å². The summed E-state index contributed by atoms with van der Waals surface area (Å²) < 4.78 is 0. The van der Waals surface area contributed by atoms with Crippen LogP contribution in [0.2, 0.25) is 10.0 Å². The van der Waals surface area contributed by atoms with Crippen LogP contribution in [0.5, 0.6) is 0 Å². The lowest BCUT2D eigenvalue weighted by Crippen LogP contribution is -2.47. The molecule has 0 radical (unpaired) electrons. The molecule has 1 heterocycles. The number of benzene rings is 1. The Kier molecular flexibility index (Phi) is 6.06. The van der Waals surface area contributed by atoms with Gasteiger partial charge in [0.25, 0.3) is 0 Å². The first-order valence-corrected chi connectivity index (χ1v) is 7.94. The van der Waals surface area contributed by atoms with Crippen LogP contribution < -0.4 is 5.32 Å². The highest BCUT2D eigenvalue weighted by molar-refractivity contribution is 6.36. The smallest absolute Gasteiger partial charge is 0.304 e. The second-order valence-electron chi connectivity index (χ2n) is 5.30. The molecule has 2 rings (SSSR count). The predicted octanol–water partition coefficient (Wildman–Crippen LogP) is 3.26. The van der Waals surface area contributed by atoms with Gasteiger partial charge in [-0.2, -0.15) is 0 Å². The van der Waals surface area contributed by atoms with Crippen LogP contribution in [0.15, 0.2) is 18.2 Å². The number of aliphatic carboxylic acids is 1. The van der Waals surface area contributed by atoms with E-state index in [0.717, 1.165) is 25.8 Å². The van der Waals surface area contributed by atoms with E-state index in [9.17, 15) is 9.59 Å². The number of hydrogen-bond acceptors (Lipinski definition) is 3. The van der Waals surface area contributed by atoms with Crippen molar-refractivity contribution in [2.24, 2.45) is 0 Å². The van der Waals surface area contributed by atoms with Gasteiger partial charge >= 0.3 is 5.97 Å². The minimum Gasteiger partial charge on any atom is -0.481 e. The van der Waals surface area contributed by atoms with Gasteiger partial charge in [0.15, 0.2) is 0 Å². The molecule has 0 aromatic heterocycles. The van der Waals surface area contributed by atoms with Crippen LogP contribution in [0.1, 0.15) is 25.7 Å². The maximum absolute atomic E-state index is 12.5. The second-order valence-corrected chi connectivity index (χ2v) is 6.15.